The monoisotopic (exact) mass is 336 g/mol. The molecule has 1 aromatic rings. The predicted octanol–water partition coefficient (Wildman–Crippen LogP) is 0.892. The Bertz CT molecular complexity index is 593. The van der Waals surface area contributed by atoms with Gasteiger partial charge in [-0.2, -0.15) is 0 Å². The van der Waals surface area contributed by atoms with E-state index >= 15 is 0 Å². The summed E-state index contributed by atoms with van der Waals surface area (Å²) in [5.41, 5.74) is 1.51. The second-order valence-corrected chi connectivity index (χ2v) is 6.62. The minimum Gasteiger partial charge on any atom is -0.444 e. The lowest BCUT2D eigenvalue weighted by molar-refractivity contribution is 0.0210. The molecule has 0 atom stereocenters. The normalized spacial score (nSPS) is 15.8. The van der Waals surface area contributed by atoms with Crippen LogP contribution in [0.2, 0.25) is 0 Å². The highest BCUT2D eigenvalue weighted by Crippen LogP contribution is 2.18. The highest BCUT2D eigenvalue weighted by Gasteiger charge is 2.27. The number of hydrogen-bond donors (Lipinski definition) is 3. The number of piperidine rings is 1. The lowest BCUT2D eigenvalue weighted by Gasteiger charge is -2.33. The Morgan fingerprint density at radius 3 is 2.58 bits per heavy atom. The summed E-state index contributed by atoms with van der Waals surface area (Å²) in [6, 6.07) is 1.85. The maximum atomic E-state index is 12.0. The van der Waals surface area contributed by atoms with Crippen LogP contribution in [0, 0.1) is 0 Å². The number of nitrogen functional groups attached to an aromatic ring is 1. The minimum atomic E-state index is -0.543. The van der Waals surface area contributed by atoms with E-state index in [1.54, 1.807) is 11.0 Å². The molecule has 0 radical (unpaired) electrons. The van der Waals surface area contributed by atoms with Gasteiger partial charge in [0.1, 0.15) is 11.4 Å². The number of amides is 2. The molecule has 2 heterocycles. The molecule has 9 heteroatoms. The number of carbonyl (C=O) groups excluding carboxylic acids is 2. The van der Waals surface area contributed by atoms with Gasteiger partial charge in [0.2, 0.25) is 5.82 Å². The molecular weight excluding hydrogens is 312 g/mol. The average molecular weight is 336 g/mol. The highest BCUT2D eigenvalue weighted by molar-refractivity contribution is 5.90. The second-order valence-electron chi connectivity index (χ2n) is 6.62. The topological polar surface area (TPSA) is 122 Å². The first kappa shape index (κ1) is 17.9. The van der Waals surface area contributed by atoms with Crippen LogP contribution < -0.4 is 16.6 Å². The molecule has 0 aliphatic carbocycles. The Morgan fingerprint density at radius 2 is 2.00 bits per heavy atom. The Morgan fingerprint density at radius 1 is 1.33 bits per heavy atom. The molecule has 0 spiro atoms. The van der Waals surface area contributed by atoms with Gasteiger partial charge in [-0.05, 0) is 39.7 Å². The van der Waals surface area contributed by atoms with Crippen LogP contribution in [0.25, 0.3) is 0 Å². The summed E-state index contributed by atoms with van der Waals surface area (Å²) < 4.78 is 5.37. The van der Waals surface area contributed by atoms with Crippen LogP contribution in [-0.4, -0.2) is 51.6 Å². The van der Waals surface area contributed by atoms with E-state index in [0.29, 0.717) is 18.9 Å². The summed E-state index contributed by atoms with van der Waals surface area (Å²) in [6.07, 6.45) is 2.74. The van der Waals surface area contributed by atoms with Crippen LogP contribution in [0.15, 0.2) is 12.3 Å². The number of carbonyl (C=O) groups is 2. The molecule has 1 aliphatic heterocycles. The number of ether oxygens (including phenoxy) is 1. The largest absolute Gasteiger partial charge is 0.444 e. The van der Waals surface area contributed by atoms with Gasteiger partial charge in [0.25, 0.3) is 0 Å². The van der Waals surface area contributed by atoms with Crippen LogP contribution in [0.4, 0.5) is 10.6 Å². The summed E-state index contributed by atoms with van der Waals surface area (Å²) in [4.78, 5) is 33.2. The van der Waals surface area contributed by atoms with Crippen molar-refractivity contribution < 1.29 is 14.3 Å². The van der Waals surface area contributed by atoms with Gasteiger partial charge in [-0.1, -0.05) is 0 Å². The fourth-order valence-electron chi connectivity index (χ4n) is 2.36. The summed E-state index contributed by atoms with van der Waals surface area (Å²) in [6.45, 7) is 6.76. The summed E-state index contributed by atoms with van der Waals surface area (Å²) in [7, 11) is 0. The zero-order valence-corrected chi connectivity index (χ0v) is 14.2. The van der Waals surface area contributed by atoms with Crippen molar-refractivity contribution in [2.75, 3.05) is 18.4 Å². The number of likely N-dealkylation sites (tertiary alicyclic amines) is 1. The number of hydrazine groups is 1. The van der Waals surface area contributed by atoms with Crippen molar-refractivity contribution in [1.82, 2.24) is 20.3 Å². The number of nitrogens with zero attached hydrogens (tertiary/aromatic N) is 3. The summed E-state index contributed by atoms with van der Waals surface area (Å²) in [5, 5.41) is 3.26. The standard InChI is InChI=1S/C15H24N6O3/c1-15(2,3)24-14(23)21-8-5-10(6-9-21)18-11-4-7-17-12(19-11)13(22)20-16/h4,7,10H,5-6,8-9,16H2,1-3H3,(H,20,22)(H,17,18,19). The number of nitrogens with one attached hydrogen (secondary N) is 2. The SMILES string of the molecule is CC(C)(C)OC(=O)N1CCC(Nc2ccnc(C(=O)NN)n2)CC1. The first-order valence-electron chi connectivity index (χ1n) is 7.87. The van der Waals surface area contributed by atoms with Crippen LogP contribution >= 0.6 is 0 Å². The fourth-order valence-corrected chi connectivity index (χ4v) is 2.36. The molecule has 132 valence electrons. The Hall–Kier alpha value is -2.42. The third kappa shape index (κ3) is 5.05. The molecule has 0 bridgehead atoms. The number of hydrogen-bond acceptors (Lipinski definition) is 7. The fraction of sp³-hybridized carbons (Fsp3) is 0.600. The highest BCUT2D eigenvalue weighted by atomic mass is 16.6. The van der Waals surface area contributed by atoms with E-state index in [4.69, 9.17) is 10.6 Å². The Balaban J connectivity index is 1.87. The van der Waals surface area contributed by atoms with Crippen LogP contribution in [0.1, 0.15) is 44.2 Å². The molecule has 1 aromatic heterocycles. The Labute approximate surface area is 140 Å². The van der Waals surface area contributed by atoms with Crippen molar-refractivity contribution in [2.45, 2.75) is 45.3 Å². The molecule has 0 aromatic carbocycles. The average Bonchev–Trinajstić information content (AvgIpc) is 2.53. The number of rotatable bonds is 3. The van der Waals surface area contributed by atoms with Crippen molar-refractivity contribution in [2.24, 2.45) is 5.84 Å². The van der Waals surface area contributed by atoms with Gasteiger partial charge in [0, 0.05) is 25.3 Å². The predicted molar refractivity (Wildman–Crippen MR) is 88.1 cm³/mol. The molecule has 0 unspecified atom stereocenters. The third-order valence-electron chi connectivity index (χ3n) is 3.49. The third-order valence-corrected chi connectivity index (χ3v) is 3.49. The Kier molecular flexibility index (Phi) is 5.55. The molecule has 0 saturated carbocycles. The van der Waals surface area contributed by atoms with Gasteiger partial charge >= 0.3 is 12.0 Å². The molecule has 24 heavy (non-hydrogen) atoms. The van der Waals surface area contributed by atoms with E-state index < -0.39 is 11.5 Å². The maximum absolute atomic E-state index is 12.0. The van der Waals surface area contributed by atoms with Crippen molar-refractivity contribution in [3.8, 4) is 0 Å². The smallest absolute Gasteiger partial charge is 0.410 e. The summed E-state index contributed by atoms with van der Waals surface area (Å²) in [5.74, 6) is 5.10. The molecular formula is C15H24N6O3. The van der Waals surface area contributed by atoms with E-state index in [9.17, 15) is 9.59 Å². The van der Waals surface area contributed by atoms with E-state index in [2.05, 4.69) is 15.3 Å². The van der Waals surface area contributed by atoms with Gasteiger partial charge in [-0.25, -0.2) is 20.6 Å². The molecule has 2 rings (SSSR count). The number of aromatic nitrogens is 2. The van der Waals surface area contributed by atoms with Crippen molar-refractivity contribution >= 4 is 17.8 Å². The first-order valence-corrected chi connectivity index (χ1v) is 7.87. The number of nitrogens with two attached hydrogens (primary N) is 1. The van der Waals surface area contributed by atoms with Gasteiger partial charge in [0.15, 0.2) is 0 Å². The molecule has 1 saturated heterocycles. The van der Waals surface area contributed by atoms with E-state index in [-0.39, 0.29) is 18.0 Å². The number of anilines is 1. The van der Waals surface area contributed by atoms with Crippen LogP contribution in [0.5, 0.6) is 0 Å². The lowest BCUT2D eigenvalue weighted by atomic mass is 10.1. The van der Waals surface area contributed by atoms with Gasteiger partial charge in [-0.15, -0.1) is 0 Å². The molecule has 2 amide bonds. The maximum Gasteiger partial charge on any atom is 0.410 e. The molecule has 1 aliphatic rings. The minimum absolute atomic E-state index is 0.00805. The van der Waals surface area contributed by atoms with E-state index in [1.807, 2.05) is 26.2 Å². The molecule has 9 nitrogen and oxygen atoms in total. The van der Waals surface area contributed by atoms with E-state index in [0.717, 1.165) is 12.8 Å². The molecule has 4 N–H and O–H groups in total. The van der Waals surface area contributed by atoms with E-state index in [1.165, 1.54) is 6.20 Å². The molecule has 1 fully saturated rings. The van der Waals surface area contributed by atoms with Crippen molar-refractivity contribution in [3.63, 3.8) is 0 Å². The van der Waals surface area contributed by atoms with Crippen LogP contribution in [0.3, 0.4) is 0 Å². The zero-order valence-electron chi connectivity index (χ0n) is 14.2. The quantitative estimate of drug-likeness (QED) is 0.425. The van der Waals surface area contributed by atoms with Crippen molar-refractivity contribution in [3.05, 3.63) is 18.1 Å². The van der Waals surface area contributed by atoms with Gasteiger partial charge in [0.05, 0.1) is 0 Å². The van der Waals surface area contributed by atoms with Crippen molar-refractivity contribution in [1.29, 1.82) is 0 Å². The van der Waals surface area contributed by atoms with Gasteiger partial charge < -0.3 is 15.0 Å². The van der Waals surface area contributed by atoms with Gasteiger partial charge in [-0.3, -0.25) is 10.2 Å². The van der Waals surface area contributed by atoms with Crippen LogP contribution in [-0.2, 0) is 4.74 Å². The second kappa shape index (κ2) is 7.43. The lowest BCUT2D eigenvalue weighted by Crippen LogP contribution is -2.44. The summed E-state index contributed by atoms with van der Waals surface area (Å²) >= 11 is 0. The zero-order chi connectivity index (χ0) is 17.7. The first-order chi connectivity index (χ1) is 11.3.